The zero-order valence-electron chi connectivity index (χ0n) is 8.97. The number of carbonyl (C=O) groups excluding carboxylic acids is 2. The van der Waals surface area contributed by atoms with Crippen LogP contribution in [0.2, 0.25) is 0 Å². The third kappa shape index (κ3) is 2.59. The van der Waals surface area contributed by atoms with E-state index in [9.17, 15) is 9.59 Å². The van der Waals surface area contributed by atoms with Gasteiger partial charge in [0.1, 0.15) is 5.54 Å². The van der Waals surface area contributed by atoms with Crippen molar-refractivity contribution in [3.8, 4) is 0 Å². The second-order valence-corrected chi connectivity index (χ2v) is 5.03. The van der Waals surface area contributed by atoms with Gasteiger partial charge < -0.3 is 10.2 Å². The molecule has 0 bridgehead atoms. The van der Waals surface area contributed by atoms with E-state index in [0.717, 1.165) is 0 Å². The van der Waals surface area contributed by atoms with Crippen molar-refractivity contribution in [2.45, 2.75) is 25.8 Å². The van der Waals surface area contributed by atoms with Crippen LogP contribution >= 0.6 is 15.9 Å². The summed E-state index contributed by atoms with van der Waals surface area (Å²) in [5.74, 6) is -0.169. The lowest BCUT2D eigenvalue weighted by molar-refractivity contribution is -0.148. The van der Waals surface area contributed by atoms with Crippen molar-refractivity contribution in [3.05, 3.63) is 11.1 Å². The first-order chi connectivity index (χ1) is 6.89. The van der Waals surface area contributed by atoms with E-state index in [0.29, 0.717) is 17.4 Å². The van der Waals surface area contributed by atoms with E-state index in [1.807, 2.05) is 6.92 Å². The normalized spacial score (nSPS) is 26.5. The van der Waals surface area contributed by atoms with Gasteiger partial charge in [0.15, 0.2) is 0 Å². The summed E-state index contributed by atoms with van der Waals surface area (Å²) in [5, 5.41) is 2.72. The fourth-order valence-electron chi connectivity index (χ4n) is 1.57. The highest BCUT2D eigenvalue weighted by molar-refractivity contribution is 9.11. The number of halogens is 1. The Morgan fingerprint density at radius 1 is 1.67 bits per heavy atom. The van der Waals surface area contributed by atoms with Crippen molar-refractivity contribution in [1.82, 2.24) is 10.2 Å². The van der Waals surface area contributed by atoms with Crippen LogP contribution in [0.1, 0.15) is 20.3 Å². The van der Waals surface area contributed by atoms with E-state index >= 15 is 0 Å². The van der Waals surface area contributed by atoms with Gasteiger partial charge in [-0.1, -0.05) is 29.4 Å². The Morgan fingerprint density at radius 2 is 2.27 bits per heavy atom. The minimum absolute atomic E-state index is 0.0507. The molecule has 1 fully saturated rings. The van der Waals surface area contributed by atoms with Crippen LogP contribution in [0.15, 0.2) is 11.1 Å². The number of piperazine rings is 1. The second-order valence-electron chi connectivity index (χ2n) is 3.91. The minimum Gasteiger partial charge on any atom is -0.340 e. The number of nitrogens with zero attached hydrogens (tertiary/aromatic N) is 1. The van der Waals surface area contributed by atoms with E-state index in [1.54, 1.807) is 6.92 Å². The minimum atomic E-state index is -0.766. The zero-order chi connectivity index (χ0) is 11.6. The van der Waals surface area contributed by atoms with Crippen LogP contribution in [-0.2, 0) is 9.59 Å². The SMILES string of the molecule is C=C(Br)CN1CC(=O)NC(C)(CC)C1=O. The molecule has 1 N–H and O–H groups in total. The fourth-order valence-corrected chi connectivity index (χ4v) is 1.87. The molecular weight excluding hydrogens is 260 g/mol. The van der Waals surface area contributed by atoms with Gasteiger partial charge in [-0.05, 0) is 13.3 Å². The summed E-state index contributed by atoms with van der Waals surface area (Å²) >= 11 is 3.20. The number of carbonyl (C=O) groups is 2. The third-order valence-corrected chi connectivity index (χ3v) is 2.83. The van der Waals surface area contributed by atoms with Crippen LogP contribution in [0.4, 0.5) is 0 Å². The van der Waals surface area contributed by atoms with E-state index in [4.69, 9.17) is 0 Å². The average molecular weight is 275 g/mol. The van der Waals surface area contributed by atoms with Crippen molar-refractivity contribution < 1.29 is 9.59 Å². The summed E-state index contributed by atoms with van der Waals surface area (Å²) < 4.78 is 0.698. The van der Waals surface area contributed by atoms with Crippen LogP contribution < -0.4 is 5.32 Å². The Balaban J connectivity index is 2.86. The molecule has 84 valence electrons. The van der Waals surface area contributed by atoms with Gasteiger partial charge in [0.05, 0.1) is 13.1 Å². The summed E-state index contributed by atoms with van der Waals surface area (Å²) in [4.78, 5) is 24.9. The lowest BCUT2D eigenvalue weighted by Gasteiger charge is -2.39. The van der Waals surface area contributed by atoms with Gasteiger partial charge in [-0.2, -0.15) is 0 Å². The molecule has 2 amide bonds. The molecule has 1 rings (SSSR count). The van der Waals surface area contributed by atoms with Crippen LogP contribution in [0, 0.1) is 0 Å². The molecule has 0 saturated carbocycles. The Labute approximate surface area is 97.8 Å². The largest absolute Gasteiger partial charge is 0.340 e. The molecule has 0 spiro atoms. The van der Waals surface area contributed by atoms with Crippen molar-refractivity contribution in [2.24, 2.45) is 0 Å². The average Bonchev–Trinajstić information content (AvgIpc) is 2.12. The van der Waals surface area contributed by atoms with Gasteiger partial charge >= 0.3 is 0 Å². The first-order valence-corrected chi connectivity index (χ1v) is 5.62. The number of amides is 2. The monoisotopic (exact) mass is 274 g/mol. The number of rotatable bonds is 3. The topological polar surface area (TPSA) is 49.4 Å². The van der Waals surface area contributed by atoms with Crippen LogP contribution in [0.25, 0.3) is 0 Å². The molecule has 0 aromatic heterocycles. The lowest BCUT2D eigenvalue weighted by atomic mass is 9.94. The summed E-state index contributed by atoms with van der Waals surface area (Å²) in [6, 6.07) is 0. The molecule has 0 radical (unpaired) electrons. The van der Waals surface area contributed by atoms with Gasteiger partial charge in [-0.25, -0.2) is 0 Å². The zero-order valence-corrected chi connectivity index (χ0v) is 10.6. The number of hydrogen-bond donors (Lipinski definition) is 1. The molecule has 0 aromatic carbocycles. The molecule has 1 unspecified atom stereocenters. The predicted molar refractivity (Wildman–Crippen MR) is 61.5 cm³/mol. The van der Waals surface area contributed by atoms with Gasteiger partial charge in [-0.15, -0.1) is 0 Å². The quantitative estimate of drug-likeness (QED) is 0.836. The molecule has 1 aliphatic heterocycles. The Morgan fingerprint density at radius 3 is 2.73 bits per heavy atom. The summed E-state index contributed by atoms with van der Waals surface area (Å²) in [6.45, 7) is 7.79. The first kappa shape index (κ1) is 12.2. The van der Waals surface area contributed by atoms with Crippen LogP contribution in [0.5, 0.6) is 0 Å². The molecule has 1 atom stereocenters. The molecule has 4 nitrogen and oxygen atoms in total. The maximum absolute atomic E-state index is 12.0. The smallest absolute Gasteiger partial charge is 0.248 e. The molecule has 0 aromatic rings. The molecule has 5 heteroatoms. The van der Waals surface area contributed by atoms with E-state index in [2.05, 4.69) is 27.8 Å². The van der Waals surface area contributed by atoms with E-state index < -0.39 is 5.54 Å². The third-order valence-electron chi connectivity index (χ3n) is 2.58. The van der Waals surface area contributed by atoms with E-state index in [1.165, 1.54) is 4.90 Å². The summed E-state index contributed by atoms with van der Waals surface area (Å²) in [6.07, 6.45) is 0.586. The maximum atomic E-state index is 12.0. The number of hydrogen-bond acceptors (Lipinski definition) is 2. The highest BCUT2D eigenvalue weighted by atomic mass is 79.9. The highest BCUT2D eigenvalue weighted by Crippen LogP contribution is 2.19. The second kappa shape index (κ2) is 4.35. The Kier molecular flexibility index (Phi) is 3.54. The predicted octanol–water partition coefficient (Wildman–Crippen LogP) is 1.02. The van der Waals surface area contributed by atoms with Gasteiger partial charge in [-0.3, -0.25) is 9.59 Å². The molecule has 1 aliphatic rings. The molecular formula is C10H15BrN2O2. The summed E-state index contributed by atoms with van der Waals surface area (Å²) in [5.41, 5.74) is -0.766. The lowest BCUT2D eigenvalue weighted by Crippen LogP contribution is -2.65. The standard InChI is InChI=1S/C10H15BrN2O2/c1-4-10(3)9(15)13(5-7(2)11)6-8(14)12-10/h2,4-6H2,1,3H3,(H,12,14). The Hall–Kier alpha value is -0.840. The molecule has 1 saturated heterocycles. The number of nitrogens with one attached hydrogen (secondary N) is 1. The maximum Gasteiger partial charge on any atom is 0.248 e. The van der Waals surface area contributed by atoms with Crippen molar-refractivity contribution >= 4 is 27.7 Å². The van der Waals surface area contributed by atoms with Gasteiger partial charge in [0.25, 0.3) is 0 Å². The molecule has 1 heterocycles. The highest BCUT2D eigenvalue weighted by Gasteiger charge is 2.41. The Bertz CT molecular complexity index is 315. The van der Waals surface area contributed by atoms with Crippen LogP contribution in [0.3, 0.4) is 0 Å². The van der Waals surface area contributed by atoms with Gasteiger partial charge in [0, 0.05) is 4.48 Å². The van der Waals surface area contributed by atoms with Gasteiger partial charge in [0.2, 0.25) is 11.8 Å². The van der Waals surface area contributed by atoms with Crippen molar-refractivity contribution in [3.63, 3.8) is 0 Å². The van der Waals surface area contributed by atoms with Crippen molar-refractivity contribution in [1.29, 1.82) is 0 Å². The van der Waals surface area contributed by atoms with Crippen molar-refractivity contribution in [2.75, 3.05) is 13.1 Å². The molecule has 15 heavy (non-hydrogen) atoms. The van der Waals surface area contributed by atoms with Crippen LogP contribution in [-0.4, -0.2) is 35.3 Å². The van der Waals surface area contributed by atoms with E-state index in [-0.39, 0.29) is 18.4 Å². The molecule has 0 aliphatic carbocycles. The fraction of sp³-hybridized carbons (Fsp3) is 0.600. The summed E-state index contributed by atoms with van der Waals surface area (Å²) in [7, 11) is 0. The first-order valence-electron chi connectivity index (χ1n) is 4.82.